The summed E-state index contributed by atoms with van der Waals surface area (Å²) in [4.78, 5) is 36.6. The average Bonchev–Trinajstić information content (AvgIpc) is 3.35. The van der Waals surface area contributed by atoms with Crippen molar-refractivity contribution in [3.63, 3.8) is 0 Å². The molecule has 2 aliphatic heterocycles. The quantitative estimate of drug-likeness (QED) is 0.559. The number of hydrogen-bond donors (Lipinski definition) is 0. The zero-order valence-electron chi connectivity index (χ0n) is 18.7. The maximum Gasteiger partial charge on any atom is 0.266 e. The highest BCUT2D eigenvalue weighted by Gasteiger charge is 2.60. The van der Waals surface area contributed by atoms with E-state index in [9.17, 15) is 9.59 Å². The zero-order valence-corrected chi connectivity index (χ0v) is 18.7. The number of imide groups is 1. The number of methoxy groups -OCH3 is 1. The van der Waals surface area contributed by atoms with Gasteiger partial charge in [-0.15, -0.1) is 0 Å². The first kappa shape index (κ1) is 21.0. The molecule has 2 saturated heterocycles. The molecule has 168 valence electrons. The molecule has 5 rings (SSSR count). The fourth-order valence-corrected chi connectivity index (χ4v) is 4.57. The smallest absolute Gasteiger partial charge is 0.266 e. The van der Waals surface area contributed by atoms with E-state index in [2.05, 4.69) is 0 Å². The first-order valence-corrected chi connectivity index (χ1v) is 10.8. The summed E-state index contributed by atoms with van der Waals surface area (Å²) in [6, 6.07) is 24.1. The monoisotopic (exact) mass is 443 g/mol. The lowest BCUT2D eigenvalue weighted by Crippen LogP contribution is -2.37. The standard InChI is InChI=1S/C26H25N3O4/c1-27(2)18-15-13-17(14-16-18)23-22-24(33-29(23)19-9-5-4-6-10-19)26(31)28(25(22)30)20-11-7-8-12-21(20)32-3/h4-16,22-24H,1-3H3/t22-,23-,24-/m0/s1. The number of benzene rings is 3. The molecule has 2 fully saturated rings. The van der Waals surface area contributed by atoms with Crippen molar-refractivity contribution in [1.82, 2.24) is 0 Å². The van der Waals surface area contributed by atoms with Crippen LogP contribution in [0.15, 0.2) is 78.9 Å². The number of hydrogen-bond acceptors (Lipinski definition) is 6. The van der Waals surface area contributed by atoms with E-state index in [1.165, 1.54) is 12.0 Å². The summed E-state index contributed by atoms with van der Waals surface area (Å²) in [6.07, 6.45) is -0.916. The molecule has 0 spiro atoms. The molecule has 2 aliphatic rings. The molecule has 7 nitrogen and oxygen atoms in total. The highest BCUT2D eigenvalue weighted by molar-refractivity contribution is 6.24. The minimum Gasteiger partial charge on any atom is -0.495 e. The third-order valence-electron chi connectivity index (χ3n) is 6.20. The number of anilines is 3. The van der Waals surface area contributed by atoms with E-state index >= 15 is 0 Å². The number of fused-ring (bicyclic) bond motifs is 1. The van der Waals surface area contributed by atoms with E-state index in [-0.39, 0.29) is 11.8 Å². The van der Waals surface area contributed by atoms with Gasteiger partial charge >= 0.3 is 0 Å². The summed E-state index contributed by atoms with van der Waals surface area (Å²) in [7, 11) is 5.47. The van der Waals surface area contributed by atoms with Gasteiger partial charge in [0.1, 0.15) is 11.7 Å². The van der Waals surface area contributed by atoms with Gasteiger partial charge in [0.15, 0.2) is 6.10 Å². The molecule has 7 heteroatoms. The molecule has 3 atom stereocenters. The molecule has 0 N–H and O–H groups in total. The predicted molar refractivity (Wildman–Crippen MR) is 126 cm³/mol. The van der Waals surface area contributed by atoms with E-state index in [1.807, 2.05) is 73.6 Å². The lowest BCUT2D eigenvalue weighted by Gasteiger charge is -2.29. The van der Waals surface area contributed by atoms with E-state index in [1.54, 1.807) is 29.3 Å². The summed E-state index contributed by atoms with van der Waals surface area (Å²) in [5.41, 5.74) is 3.17. The van der Waals surface area contributed by atoms with Crippen LogP contribution in [0, 0.1) is 5.92 Å². The van der Waals surface area contributed by atoms with Crippen LogP contribution < -0.4 is 19.6 Å². The Labute approximate surface area is 192 Å². The SMILES string of the molecule is COc1ccccc1N1C(=O)[C@@H]2[C@H](ON(c3ccccc3)[C@H]2c2ccc(N(C)C)cc2)C1=O. The molecule has 33 heavy (non-hydrogen) atoms. The van der Waals surface area contributed by atoms with Gasteiger partial charge in [-0.3, -0.25) is 14.4 Å². The number of amides is 2. The van der Waals surface area contributed by atoms with Gasteiger partial charge in [0, 0.05) is 19.8 Å². The van der Waals surface area contributed by atoms with Crippen LogP contribution in [0.1, 0.15) is 11.6 Å². The number of nitrogens with zero attached hydrogens (tertiary/aromatic N) is 3. The van der Waals surface area contributed by atoms with Crippen molar-refractivity contribution in [1.29, 1.82) is 0 Å². The first-order chi connectivity index (χ1) is 16.0. The topological polar surface area (TPSA) is 62.3 Å². The minimum atomic E-state index is -0.916. The molecule has 0 bridgehead atoms. The number of para-hydroxylation sites is 3. The summed E-state index contributed by atoms with van der Waals surface area (Å²) >= 11 is 0. The largest absolute Gasteiger partial charge is 0.495 e. The van der Waals surface area contributed by atoms with Crippen LogP contribution in [0.2, 0.25) is 0 Å². The molecule has 0 aliphatic carbocycles. The number of rotatable bonds is 5. The van der Waals surface area contributed by atoms with E-state index < -0.39 is 18.1 Å². The summed E-state index contributed by atoms with van der Waals surface area (Å²) in [5.74, 6) is -0.906. The summed E-state index contributed by atoms with van der Waals surface area (Å²) in [6.45, 7) is 0. The molecule has 2 heterocycles. The Bertz CT molecular complexity index is 1180. The Hall–Kier alpha value is -3.84. The Morgan fingerprint density at radius 3 is 2.18 bits per heavy atom. The fourth-order valence-electron chi connectivity index (χ4n) is 4.57. The van der Waals surface area contributed by atoms with Gasteiger partial charge in [0.05, 0.1) is 24.5 Å². The molecule has 0 radical (unpaired) electrons. The zero-order chi connectivity index (χ0) is 23.1. The molecular weight excluding hydrogens is 418 g/mol. The predicted octanol–water partition coefficient (Wildman–Crippen LogP) is 3.81. The molecule has 0 aromatic heterocycles. The summed E-state index contributed by atoms with van der Waals surface area (Å²) in [5, 5.41) is 1.70. The molecule has 3 aromatic carbocycles. The second-order valence-electron chi connectivity index (χ2n) is 8.33. The van der Waals surface area contributed by atoms with Crippen LogP contribution in [0.5, 0.6) is 5.75 Å². The van der Waals surface area contributed by atoms with Crippen molar-refractivity contribution >= 4 is 28.9 Å². The van der Waals surface area contributed by atoms with E-state index in [0.717, 1.165) is 16.9 Å². The maximum atomic E-state index is 13.7. The first-order valence-electron chi connectivity index (χ1n) is 10.8. The molecule has 2 amide bonds. The van der Waals surface area contributed by atoms with Gasteiger partial charge in [-0.05, 0) is 42.0 Å². The van der Waals surface area contributed by atoms with Crippen molar-refractivity contribution in [2.45, 2.75) is 12.1 Å². The van der Waals surface area contributed by atoms with Gasteiger partial charge in [0.25, 0.3) is 5.91 Å². The summed E-state index contributed by atoms with van der Waals surface area (Å²) < 4.78 is 5.41. The van der Waals surface area contributed by atoms with Crippen LogP contribution in [0.3, 0.4) is 0 Å². The van der Waals surface area contributed by atoms with Crippen molar-refractivity contribution in [3.05, 3.63) is 84.4 Å². The van der Waals surface area contributed by atoms with Crippen molar-refractivity contribution in [2.75, 3.05) is 36.1 Å². The Kier molecular flexibility index (Phi) is 5.26. The molecular formula is C26H25N3O4. The number of carbonyl (C=O) groups is 2. The van der Waals surface area contributed by atoms with Gasteiger partial charge in [0.2, 0.25) is 5.91 Å². The van der Waals surface area contributed by atoms with Crippen LogP contribution >= 0.6 is 0 Å². The Balaban J connectivity index is 1.58. The normalized spacial score (nSPS) is 22.0. The minimum absolute atomic E-state index is 0.297. The number of carbonyl (C=O) groups excluding carboxylic acids is 2. The van der Waals surface area contributed by atoms with Crippen molar-refractivity contribution < 1.29 is 19.2 Å². The number of ether oxygens (including phenoxy) is 1. The fraction of sp³-hybridized carbons (Fsp3) is 0.231. The van der Waals surface area contributed by atoms with E-state index in [0.29, 0.717) is 11.4 Å². The van der Waals surface area contributed by atoms with Crippen molar-refractivity contribution in [3.8, 4) is 5.75 Å². The van der Waals surface area contributed by atoms with Crippen LogP contribution in [-0.2, 0) is 14.4 Å². The Morgan fingerprint density at radius 2 is 1.52 bits per heavy atom. The van der Waals surface area contributed by atoms with Crippen LogP contribution in [0.25, 0.3) is 0 Å². The Morgan fingerprint density at radius 1 is 0.848 bits per heavy atom. The third-order valence-corrected chi connectivity index (χ3v) is 6.20. The second kappa shape index (κ2) is 8.26. The molecule has 0 unspecified atom stereocenters. The maximum absolute atomic E-state index is 13.7. The highest BCUT2D eigenvalue weighted by atomic mass is 16.7. The number of hydroxylamine groups is 1. The lowest BCUT2D eigenvalue weighted by atomic mass is 9.90. The molecule has 3 aromatic rings. The van der Waals surface area contributed by atoms with Crippen LogP contribution in [0.4, 0.5) is 17.1 Å². The van der Waals surface area contributed by atoms with Gasteiger partial charge in [-0.25, -0.2) is 9.96 Å². The second-order valence-corrected chi connectivity index (χ2v) is 8.33. The molecule has 0 saturated carbocycles. The van der Waals surface area contributed by atoms with Gasteiger partial charge < -0.3 is 9.64 Å². The van der Waals surface area contributed by atoms with Gasteiger partial charge in [-0.2, -0.15) is 0 Å². The highest BCUT2D eigenvalue weighted by Crippen LogP contribution is 2.48. The van der Waals surface area contributed by atoms with Crippen LogP contribution in [-0.4, -0.2) is 39.1 Å². The third kappa shape index (κ3) is 3.41. The van der Waals surface area contributed by atoms with Crippen molar-refractivity contribution in [2.24, 2.45) is 5.92 Å². The lowest BCUT2D eigenvalue weighted by molar-refractivity contribution is -0.126. The van der Waals surface area contributed by atoms with E-state index in [4.69, 9.17) is 9.57 Å². The van der Waals surface area contributed by atoms with Gasteiger partial charge in [-0.1, -0.05) is 42.5 Å². The average molecular weight is 444 g/mol.